The number of nitrogens with zero attached hydrogens (tertiary/aromatic N) is 5. The third-order valence-electron chi connectivity index (χ3n) is 9.59. The third-order valence-corrected chi connectivity index (χ3v) is 9.59. The molecule has 0 saturated carbocycles. The highest BCUT2D eigenvalue weighted by Gasteiger charge is 2.28. The number of anilines is 1. The summed E-state index contributed by atoms with van der Waals surface area (Å²) in [6, 6.07) is 12.4. The Kier molecular flexibility index (Phi) is 12.4. The molecule has 4 heterocycles. The molecule has 0 radical (unpaired) electrons. The molecule has 9 nitrogen and oxygen atoms in total. The largest absolute Gasteiger partial charge is 0.497 e. The molecule has 2 atom stereocenters. The standard InChI is InChI=1S/C42H52N6O3/c1-6-11-32-22-33-23-34(45-38(18-21-47(3)4)39-28-43-30(2)27-44-39)14-17-40(33)51-41(32)25-35-24-36(48-19-9-7-8-10-20-48)26-42(46-35)50-29-31-12-15-37(49-5)16-13-31/h6,11-17,24-28,34,38,45H,1,7-10,18-23,29H2,2-5H3/b32-11-,41-25-. The predicted molar refractivity (Wildman–Crippen MR) is 205 cm³/mol. The van der Waals surface area contributed by atoms with Crippen LogP contribution in [0, 0.1) is 6.92 Å². The van der Waals surface area contributed by atoms with E-state index in [1.54, 1.807) is 7.11 Å². The zero-order valence-electron chi connectivity index (χ0n) is 30.6. The Labute approximate surface area is 303 Å². The van der Waals surface area contributed by atoms with Gasteiger partial charge in [0.05, 0.1) is 36.4 Å². The molecule has 0 spiro atoms. The van der Waals surface area contributed by atoms with E-state index in [0.717, 1.165) is 90.1 Å². The SMILES string of the molecule is C=C/C=C1/CC2=C(C=CC(NC(CCN(C)C)c3cnc(C)cn3)C2)O/C1=C\c1cc(N2CCCCCC2)cc(OCc2ccc(OC)cc2)n1. The highest BCUT2D eigenvalue weighted by atomic mass is 16.5. The van der Waals surface area contributed by atoms with Gasteiger partial charge in [0.2, 0.25) is 5.88 Å². The van der Waals surface area contributed by atoms with E-state index < -0.39 is 0 Å². The number of rotatable bonds is 13. The minimum Gasteiger partial charge on any atom is -0.497 e. The lowest BCUT2D eigenvalue weighted by Gasteiger charge is -2.31. The van der Waals surface area contributed by atoms with Crippen LogP contribution in [0.15, 0.2) is 102 Å². The van der Waals surface area contributed by atoms with Gasteiger partial charge >= 0.3 is 0 Å². The van der Waals surface area contributed by atoms with Gasteiger partial charge in [-0.3, -0.25) is 9.97 Å². The van der Waals surface area contributed by atoms with Crippen LogP contribution in [0.1, 0.15) is 73.6 Å². The first-order valence-corrected chi connectivity index (χ1v) is 18.2. The fraction of sp³-hybridized carbons (Fsp3) is 0.405. The number of ether oxygens (including phenoxy) is 3. The lowest BCUT2D eigenvalue weighted by atomic mass is 9.89. The van der Waals surface area contributed by atoms with E-state index in [0.29, 0.717) is 12.5 Å². The van der Waals surface area contributed by atoms with Gasteiger partial charge in [0.1, 0.15) is 23.9 Å². The number of aromatic nitrogens is 3. The van der Waals surface area contributed by atoms with Crippen molar-refractivity contribution in [1.29, 1.82) is 0 Å². The lowest BCUT2D eigenvalue weighted by Crippen LogP contribution is -2.35. The van der Waals surface area contributed by atoms with Gasteiger partial charge in [0.25, 0.3) is 0 Å². The van der Waals surface area contributed by atoms with Gasteiger partial charge in [-0.1, -0.05) is 49.8 Å². The van der Waals surface area contributed by atoms with Gasteiger partial charge < -0.3 is 29.3 Å². The minimum absolute atomic E-state index is 0.0872. The summed E-state index contributed by atoms with van der Waals surface area (Å²) >= 11 is 0. The van der Waals surface area contributed by atoms with Crippen molar-refractivity contribution in [3.8, 4) is 11.6 Å². The van der Waals surface area contributed by atoms with Crippen LogP contribution < -0.4 is 19.7 Å². The summed E-state index contributed by atoms with van der Waals surface area (Å²) in [5.41, 5.74) is 7.21. The number of methoxy groups -OCH3 is 1. The molecule has 2 aliphatic heterocycles. The van der Waals surface area contributed by atoms with Gasteiger partial charge in [-0.05, 0) is 94.2 Å². The Balaban J connectivity index is 1.23. The molecule has 2 unspecified atom stereocenters. The van der Waals surface area contributed by atoms with Gasteiger partial charge in [-0.2, -0.15) is 0 Å². The van der Waals surface area contributed by atoms with Crippen LogP contribution in [0.4, 0.5) is 5.69 Å². The van der Waals surface area contributed by atoms with Crippen LogP contribution in [0.3, 0.4) is 0 Å². The van der Waals surface area contributed by atoms with Crippen LogP contribution >= 0.6 is 0 Å². The molecule has 6 rings (SSSR count). The summed E-state index contributed by atoms with van der Waals surface area (Å²) in [6.45, 7) is 9.41. The smallest absolute Gasteiger partial charge is 0.216 e. The van der Waals surface area contributed by atoms with Crippen molar-refractivity contribution >= 4 is 11.8 Å². The van der Waals surface area contributed by atoms with E-state index in [1.807, 2.05) is 55.7 Å². The van der Waals surface area contributed by atoms with E-state index in [9.17, 15) is 0 Å². The molecule has 0 amide bonds. The fourth-order valence-electron chi connectivity index (χ4n) is 6.77. The second kappa shape index (κ2) is 17.5. The number of hydrogen-bond donors (Lipinski definition) is 1. The maximum absolute atomic E-state index is 6.66. The maximum atomic E-state index is 6.66. The highest BCUT2D eigenvalue weighted by Crippen LogP contribution is 2.38. The summed E-state index contributed by atoms with van der Waals surface area (Å²) in [4.78, 5) is 18.9. The van der Waals surface area contributed by atoms with Gasteiger partial charge in [-0.15, -0.1) is 0 Å². The first-order chi connectivity index (χ1) is 24.9. The van der Waals surface area contributed by atoms with E-state index in [4.69, 9.17) is 24.2 Å². The van der Waals surface area contributed by atoms with Gasteiger partial charge in [0.15, 0.2) is 0 Å². The molecule has 0 bridgehead atoms. The van der Waals surface area contributed by atoms with E-state index in [-0.39, 0.29) is 12.1 Å². The third kappa shape index (κ3) is 9.96. The Morgan fingerprint density at radius 1 is 1.08 bits per heavy atom. The predicted octanol–water partition coefficient (Wildman–Crippen LogP) is 7.89. The van der Waals surface area contributed by atoms with Crippen LogP contribution in [-0.4, -0.2) is 66.7 Å². The van der Waals surface area contributed by atoms with Crippen molar-refractivity contribution in [1.82, 2.24) is 25.2 Å². The van der Waals surface area contributed by atoms with Crippen molar-refractivity contribution < 1.29 is 14.2 Å². The Bertz CT molecular complexity index is 1750. The molecule has 268 valence electrons. The Morgan fingerprint density at radius 3 is 2.59 bits per heavy atom. The number of pyridine rings is 1. The van der Waals surface area contributed by atoms with Crippen molar-refractivity contribution in [2.45, 2.75) is 70.6 Å². The molecule has 51 heavy (non-hydrogen) atoms. The van der Waals surface area contributed by atoms with E-state index in [1.165, 1.54) is 31.3 Å². The normalized spacial score (nSPS) is 19.9. The summed E-state index contributed by atoms with van der Waals surface area (Å²) in [5.74, 6) is 3.10. The van der Waals surface area contributed by atoms with Crippen LogP contribution in [0.5, 0.6) is 11.6 Å². The second-order valence-corrected chi connectivity index (χ2v) is 13.9. The zero-order valence-corrected chi connectivity index (χ0v) is 30.6. The Hall–Kier alpha value is -4.73. The van der Waals surface area contributed by atoms with Crippen LogP contribution in [0.2, 0.25) is 0 Å². The molecule has 1 aromatic carbocycles. The minimum atomic E-state index is 0.0872. The van der Waals surface area contributed by atoms with Gasteiger partial charge in [0, 0.05) is 49.6 Å². The highest BCUT2D eigenvalue weighted by molar-refractivity contribution is 5.62. The number of benzene rings is 1. The molecule has 1 fully saturated rings. The molecule has 2 aromatic heterocycles. The molecular weight excluding hydrogens is 637 g/mol. The lowest BCUT2D eigenvalue weighted by molar-refractivity contribution is 0.293. The van der Waals surface area contributed by atoms with Gasteiger partial charge in [-0.25, -0.2) is 4.98 Å². The van der Waals surface area contributed by atoms with Crippen molar-refractivity contribution in [3.63, 3.8) is 0 Å². The Morgan fingerprint density at radius 2 is 1.88 bits per heavy atom. The summed E-state index contributed by atoms with van der Waals surface area (Å²) in [6.07, 6.45) is 21.5. The summed E-state index contributed by atoms with van der Waals surface area (Å²) in [5, 5.41) is 3.86. The number of aryl methyl sites for hydroxylation is 1. The second-order valence-electron chi connectivity index (χ2n) is 13.9. The summed E-state index contributed by atoms with van der Waals surface area (Å²) < 4.78 is 18.3. The first kappa shape index (κ1) is 36.1. The molecule has 1 N–H and O–H groups in total. The average Bonchev–Trinajstić information content (AvgIpc) is 3.43. The van der Waals surface area contributed by atoms with Crippen LogP contribution in [-0.2, 0) is 11.3 Å². The summed E-state index contributed by atoms with van der Waals surface area (Å²) in [7, 11) is 5.88. The quantitative estimate of drug-likeness (QED) is 0.193. The zero-order chi connectivity index (χ0) is 35.6. The molecule has 1 aliphatic carbocycles. The van der Waals surface area contributed by atoms with Crippen LogP contribution in [0.25, 0.3) is 6.08 Å². The number of nitrogens with one attached hydrogen (secondary N) is 1. The number of allylic oxidation sites excluding steroid dienone is 4. The molecule has 3 aliphatic rings. The monoisotopic (exact) mass is 688 g/mol. The maximum Gasteiger partial charge on any atom is 0.216 e. The molecular formula is C42H52N6O3. The first-order valence-electron chi connectivity index (χ1n) is 18.2. The van der Waals surface area contributed by atoms with Crippen molar-refractivity contribution in [2.75, 3.05) is 45.7 Å². The van der Waals surface area contributed by atoms with Crippen molar-refractivity contribution in [2.24, 2.45) is 0 Å². The topological polar surface area (TPSA) is 84.9 Å². The number of hydrogen-bond acceptors (Lipinski definition) is 9. The van der Waals surface area contributed by atoms with E-state index >= 15 is 0 Å². The van der Waals surface area contributed by atoms with E-state index in [2.05, 4.69) is 71.1 Å². The molecule has 9 heteroatoms. The molecule has 1 saturated heterocycles. The fourth-order valence-corrected chi connectivity index (χ4v) is 6.77. The van der Waals surface area contributed by atoms with Crippen molar-refractivity contribution in [3.05, 3.63) is 125 Å². The molecule has 3 aromatic rings. The average molecular weight is 689 g/mol.